The van der Waals surface area contributed by atoms with Crippen molar-refractivity contribution >= 4 is 31.0 Å². The molecule has 15 heteroatoms. The number of benzene rings is 1. The van der Waals surface area contributed by atoms with Gasteiger partial charge in [0.1, 0.15) is 35.0 Å². The second-order valence-corrected chi connectivity index (χ2v) is 20.1. The van der Waals surface area contributed by atoms with Crippen molar-refractivity contribution in [2.45, 2.75) is 97.7 Å². The number of carbonyl (C=O) groups excluding carboxylic acids is 1. The summed E-state index contributed by atoms with van der Waals surface area (Å²) in [5, 5.41) is 12.4. The van der Waals surface area contributed by atoms with Crippen LogP contribution in [0.25, 0.3) is 33.4 Å². The van der Waals surface area contributed by atoms with Crippen LogP contribution in [0.4, 0.5) is 23.9 Å². The van der Waals surface area contributed by atoms with Crippen molar-refractivity contribution in [3.63, 3.8) is 0 Å². The molecule has 0 unspecified atom stereocenters. The van der Waals surface area contributed by atoms with Crippen molar-refractivity contribution in [3.05, 3.63) is 41.4 Å². The Hall–Kier alpha value is -3.98. The van der Waals surface area contributed by atoms with E-state index in [1.807, 2.05) is 26.0 Å². The van der Waals surface area contributed by atoms with Crippen molar-refractivity contribution in [2.75, 3.05) is 25.0 Å². The molecule has 5 rings (SSSR count). The highest BCUT2D eigenvalue weighted by Crippen LogP contribution is 2.40. The lowest BCUT2D eigenvalue weighted by Crippen LogP contribution is -2.47. The predicted octanol–water partition coefficient (Wildman–Crippen LogP) is 7.91. The average molecular weight is 688 g/mol. The summed E-state index contributed by atoms with van der Waals surface area (Å²) in [5.74, 6) is 0.638. The lowest BCUT2D eigenvalue weighted by molar-refractivity contribution is -0.137. The molecule has 1 saturated heterocycles. The number of ether oxygens (including phenoxy) is 2. The Morgan fingerprint density at radius 3 is 2.54 bits per heavy atom. The van der Waals surface area contributed by atoms with Crippen LogP contribution >= 0.6 is 0 Å². The molecule has 1 amide bonds. The van der Waals surface area contributed by atoms with Gasteiger partial charge < -0.3 is 24.2 Å². The second-order valence-electron chi connectivity index (χ2n) is 14.5. The molecule has 0 spiro atoms. The predicted molar refractivity (Wildman–Crippen MR) is 179 cm³/mol. The zero-order chi connectivity index (χ0) is 35.0. The Bertz CT molecular complexity index is 1760. The van der Waals surface area contributed by atoms with Gasteiger partial charge in [-0.2, -0.15) is 18.3 Å². The summed E-state index contributed by atoms with van der Waals surface area (Å²) in [6.07, 6.45) is -3.04. The van der Waals surface area contributed by atoms with E-state index in [0.29, 0.717) is 54.9 Å². The first-order valence-corrected chi connectivity index (χ1v) is 19.8. The second kappa shape index (κ2) is 13.5. The number of halogens is 3. The number of likely N-dealkylation sites (tertiary alicyclic amines) is 1. The highest BCUT2D eigenvalue weighted by atomic mass is 28.3. The molecular weight excluding hydrogens is 643 g/mol. The van der Waals surface area contributed by atoms with Crippen LogP contribution in [0.1, 0.15) is 50.6 Å². The largest absolute Gasteiger partial charge is 0.444 e. The summed E-state index contributed by atoms with van der Waals surface area (Å²) >= 11 is 0. The van der Waals surface area contributed by atoms with Crippen molar-refractivity contribution in [1.29, 1.82) is 0 Å². The molecule has 0 saturated carbocycles. The zero-order valence-electron chi connectivity index (χ0n) is 28.8. The van der Waals surface area contributed by atoms with E-state index in [1.54, 1.807) is 36.4 Å². The number of anilines is 1. The number of aryl methyl sites for hydroxylation is 2. The minimum absolute atomic E-state index is 0.00969. The van der Waals surface area contributed by atoms with Crippen LogP contribution in [0, 0.1) is 13.8 Å². The minimum atomic E-state index is -4.74. The highest BCUT2D eigenvalue weighted by Gasteiger charge is 2.37. The van der Waals surface area contributed by atoms with Gasteiger partial charge in [-0.25, -0.2) is 19.4 Å². The first-order chi connectivity index (χ1) is 22.4. The number of piperidine rings is 1. The number of nitrogens with zero attached hydrogens (tertiary/aromatic N) is 6. The number of rotatable bonds is 9. The molecule has 0 aliphatic carbocycles. The van der Waals surface area contributed by atoms with E-state index in [9.17, 15) is 18.0 Å². The summed E-state index contributed by atoms with van der Waals surface area (Å²) in [4.78, 5) is 22.7. The van der Waals surface area contributed by atoms with Gasteiger partial charge in [0.2, 0.25) is 5.95 Å². The number of nitrogens with one attached hydrogen (secondary N) is 1. The minimum Gasteiger partial charge on any atom is -0.444 e. The number of fused-ring (bicyclic) bond motifs is 1. The Balaban J connectivity index is 1.53. The molecule has 48 heavy (non-hydrogen) atoms. The van der Waals surface area contributed by atoms with E-state index in [0.717, 1.165) is 23.4 Å². The number of carbonyl (C=O) groups is 1. The molecular formula is C33H44F3N7O4Si. The summed E-state index contributed by atoms with van der Waals surface area (Å²) in [5.41, 5.74) is 0.928. The van der Waals surface area contributed by atoms with Crippen LogP contribution in [-0.4, -0.2) is 75.3 Å². The zero-order valence-corrected chi connectivity index (χ0v) is 29.8. The van der Waals surface area contributed by atoms with Crippen molar-refractivity contribution < 1.29 is 32.0 Å². The van der Waals surface area contributed by atoms with E-state index < -0.39 is 31.5 Å². The van der Waals surface area contributed by atoms with Gasteiger partial charge in [0.15, 0.2) is 0 Å². The average Bonchev–Trinajstić information content (AvgIpc) is 3.51. The SMILES string of the molecule is Cc1noc(C)c1-c1ccc2c(-c3nc(N[C@H]4CCCN(C(=O)OC(C)(C)C)C4)ncc3C(F)(F)F)nn(COCC[Si](C)(C)C)c2c1. The van der Waals surface area contributed by atoms with Gasteiger partial charge in [-0.15, -0.1) is 0 Å². The maximum atomic E-state index is 14.5. The molecule has 4 aromatic rings. The van der Waals surface area contributed by atoms with Gasteiger partial charge >= 0.3 is 12.3 Å². The third-order valence-corrected chi connectivity index (χ3v) is 9.71. The molecule has 1 aliphatic rings. The maximum absolute atomic E-state index is 14.5. The quantitative estimate of drug-likeness (QED) is 0.138. The molecule has 1 aliphatic heterocycles. The third-order valence-electron chi connectivity index (χ3n) is 8.01. The van der Waals surface area contributed by atoms with E-state index in [2.05, 4.69) is 45.2 Å². The van der Waals surface area contributed by atoms with Crippen LogP contribution < -0.4 is 5.32 Å². The van der Waals surface area contributed by atoms with Gasteiger partial charge in [0, 0.05) is 51.0 Å². The number of alkyl halides is 3. The standard InChI is InChI=1S/C33H44F3N7O4Si/c1-20-27(21(2)47-41-20)22-11-12-24-26(16-22)43(19-45-14-15-48(6,7)8)40-28(24)29-25(33(34,35)36)17-37-30(39-29)38-23-10-9-13-42(18-23)31(44)46-32(3,4)5/h11-12,16-17,23H,9-10,13-15,18-19H2,1-8H3,(H,37,38,39)/t23-/m0/s1. The van der Waals surface area contributed by atoms with Gasteiger partial charge in [-0.3, -0.25) is 0 Å². The molecule has 1 aromatic carbocycles. The van der Waals surface area contributed by atoms with Crippen LogP contribution in [0.3, 0.4) is 0 Å². The van der Waals surface area contributed by atoms with Gasteiger partial charge in [0.25, 0.3) is 0 Å². The van der Waals surface area contributed by atoms with E-state index in [4.69, 9.17) is 14.0 Å². The van der Waals surface area contributed by atoms with E-state index in [1.165, 1.54) is 0 Å². The molecule has 4 heterocycles. The molecule has 0 radical (unpaired) electrons. The molecule has 1 atom stereocenters. The first-order valence-electron chi connectivity index (χ1n) is 16.1. The molecule has 260 valence electrons. The van der Waals surface area contributed by atoms with Crippen molar-refractivity contribution in [2.24, 2.45) is 0 Å². The normalized spacial score (nSPS) is 16.1. The monoisotopic (exact) mass is 687 g/mol. The van der Waals surface area contributed by atoms with Gasteiger partial charge in [-0.1, -0.05) is 30.9 Å². The summed E-state index contributed by atoms with van der Waals surface area (Å²) in [6.45, 7) is 17.1. The van der Waals surface area contributed by atoms with Crippen LogP contribution in [0.2, 0.25) is 25.7 Å². The van der Waals surface area contributed by atoms with Gasteiger partial charge in [-0.05, 0) is 71.2 Å². The molecule has 1 fully saturated rings. The lowest BCUT2D eigenvalue weighted by Gasteiger charge is -2.34. The third kappa shape index (κ3) is 8.35. The van der Waals surface area contributed by atoms with Crippen LogP contribution in [0.15, 0.2) is 28.9 Å². The summed E-state index contributed by atoms with van der Waals surface area (Å²) < 4.78 is 61.9. The number of amides is 1. The summed E-state index contributed by atoms with van der Waals surface area (Å²) in [6, 6.07) is 6.06. The maximum Gasteiger partial charge on any atom is 0.420 e. The number of hydrogen-bond acceptors (Lipinski definition) is 9. The highest BCUT2D eigenvalue weighted by molar-refractivity contribution is 6.76. The fraction of sp³-hybridized carbons (Fsp3) is 0.545. The smallest absolute Gasteiger partial charge is 0.420 e. The Morgan fingerprint density at radius 1 is 1.15 bits per heavy atom. The van der Waals surface area contributed by atoms with Crippen molar-refractivity contribution in [3.8, 4) is 22.5 Å². The lowest BCUT2D eigenvalue weighted by atomic mass is 10.0. The van der Waals surface area contributed by atoms with Crippen molar-refractivity contribution in [1.82, 2.24) is 29.8 Å². The van der Waals surface area contributed by atoms with E-state index in [-0.39, 0.29) is 30.1 Å². The van der Waals surface area contributed by atoms with E-state index >= 15 is 0 Å². The molecule has 0 bridgehead atoms. The number of hydrogen-bond donors (Lipinski definition) is 1. The fourth-order valence-electron chi connectivity index (χ4n) is 5.64. The topological polar surface area (TPSA) is 120 Å². The Labute approximate surface area is 279 Å². The first kappa shape index (κ1) is 35.3. The summed E-state index contributed by atoms with van der Waals surface area (Å²) in [7, 11) is -1.38. The molecule has 1 N–H and O–H groups in total. The van der Waals surface area contributed by atoms with Crippen LogP contribution in [-0.2, 0) is 22.4 Å². The van der Waals surface area contributed by atoms with Crippen LogP contribution in [0.5, 0.6) is 0 Å². The Morgan fingerprint density at radius 2 is 1.90 bits per heavy atom. The molecule has 11 nitrogen and oxygen atoms in total. The Kier molecular flexibility index (Phi) is 9.93. The fourth-order valence-corrected chi connectivity index (χ4v) is 6.39. The number of aromatic nitrogens is 5. The molecule has 3 aromatic heterocycles. The van der Waals surface area contributed by atoms with Gasteiger partial charge in [0.05, 0.1) is 11.2 Å².